The Morgan fingerprint density at radius 2 is 1.80 bits per heavy atom. The Hall–Kier alpha value is -0.740. The Labute approximate surface area is 98.3 Å². The third-order valence-electron chi connectivity index (χ3n) is 0.953. The van der Waals surface area contributed by atoms with Crippen LogP contribution < -0.4 is 0 Å². The van der Waals surface area contributed by atoms with Gasteiger partial charge in [0.2, 0.25) is 0 Å². The van der Waals surface area contributed by atoms with Gasteiger partial charge in [-0.3, -0.25) is 0 Å². The first-order chi connectivity index (χ1) is 6.45. The fraction of sp³-hybridized carbons (Fsp3) is 0.700. The molecule has 0 unspecified atom stereocenters. The molecule has 0 atom stereocenters. The van der Waals surface area contributed by atoms with E-state index in [0.717, 1.165) is 12.7 Å². The average molecular weight is 240 g/mol. The maximum absolute atomic E-state index is 10.7. The number of carbonyl (C=O) groups is 1. The molecule has 4 nitrogen and oxygen atoms in total. The second kappa shape index (κ2) is 13.3. The zero-order chi connectivity index (χ0) is 11.6. The molecule has 92 valence electrons. The number of ether oxygens (including phenoxy) is 1. The fourth-order valence-electron chi connectivity index (χ4n) is 0.361. The van der Waals surface area contributed by atoms with Crippen molar-refractivity contribution in [3.05, 3.63) is 11.8 Å². The Morgan fingerprint density at radius 3 is 2.07 bits per heavy atom. The molecule has 0 fully saturated rings. The third kappa shape index (κ3) is 19.6. The molecule has 0 spiro atoms. The Morgan fingerprint density at radius 1 is 1.40 bits per heavy atom. The molecular formula is C10H22ClNO3. The van der Waals surface area contributed by atoms with E-state index in [1.165, 1.54) is 6.92 Å². The third-order valence-corrected chi connectivity index (χ3v) is 0.953. The zero-order valence-corrected chi connectivity index (χ0v) is 10.9. The molecule has 0 radical (unpaired) electrons. The normalized spacial score (nSPS) is 9.87. The highest BCUT2D eigenvalue weighted by Gasteiger charge is 2.03. The molecule has 0 aromatic carbocycles. The maximum Gasteiger partial charge on any atom is 0.336 e. The van der Waals surface area contributed by atoms with Crippen molar-refractivity contribution in [2.75, 3.05) is 27.7 Å². The molecule has 0 aromatic rings. The molecule has 5 heteroatoms. The number of aliphatic hydroxyl groups is 1. The zero-order valence-electron chi connectivity index (χ0n) is 10.1. The van der Waals surface area contributed by atoms with E-state index in [4.69, 9.17) is 5.11 Å². The van der Waals surface area contributed by atoms with E-state index in [1.54, 1.807) is 0 Å². The van der Waals surface area contributed by atoms with Crippen LogP contribution in [0.25, 0.3) is 0 Å². The second-order valence-corrected chi connectivity index (χ2v) is 3.29. The summed E-state index contributed by atoms with van der Waals surface area (Å²) in [5, 5.41) is 8.34. The molecule has 0 saturated heterocycles. The van der Waals surface area contributed by atoms with Crippen LogP contribution >= 0.6 is 12.4 Å². The van der Waals surface area contributed by atoms with Gasteiger partial charge in [-0.25, -0.2) is 4.79 Å². The summed E-state index contributed by atoms with van der Waals surface area (Å²) in [6, 6.07) is 0. The molecule has 0 aliphatic heterocycles. The predicted octanol–water partition coefficient (Wildman–Crippen LogP) is 2.00. The van der Waals surface area contributed by atoms with Crippen LogP contribution in [0.3, 0.4) is 0 Å². The highest BCUT2D eigenvalue weighted by atomic mass is 35.5. The lowest BCUT2D eigenvalue weighted by atomic mass is 10.3. The molecule has 0 aliphatic rings. The van der Waals surface area contributed by atoms with Crippen LogP contribution in [0.5, 0.6) is 0 Å². The van der Waals surface area contributed by atoms with E-state index in [0.29, 0.717) is 6.61 Å². The van der Waals surface area contributed by atoms with Gasteiger partial charge in [0, 0.05) is 0 Å². The quantitative estimate of drug-likeness (QED) is 0.465. The van der Waals surface area contributed by atoms with Gasteiger partial charge in [0.25, 0.3) is 0 Å². The van der Waals surface area contributed by atoms with Crippen LogP contribution in [0, 0.1) is 0 Å². The van der Waals surface area contributed by atoms with Crippen molar-refractivity contribution in [3.8, 4) is 0 Å². The molecule has 0 aromatic heterocycles. The summed E-state index contributed by atoms with van der Waals surface area (Å²) in [5.74, 6) is -0.454. The lowest BCUT2D eigenvalue weighted by Gasteiger charge is -2.00. The topological polar surface area (TPSA) is 49.8 Å². The van der Waals surface area contributed by atoms with Gasteiger partial charge in [0.05, 0.1) is 18.4 Å². The summed E-state index contributed by atoms with van der Waals surface area (Å²) in [5.41, 5.74) is 0.230. The molecule has 0 aliphatic carbocycles. The number of rotatable bonds is 3. The van der Waals surface area contributed by atoms with Gasteiger partial charge in [-0.2, -0.15) is 0 Å². The van der Waals surface area contributed by atoms with E-state index < -0.39 is 5.97 Å². The number of esters is 1. The van der Waals surface area contributed by atoms with E-state index in [-0.39, 0.29) is 18.0 Å². The van der Waals surface area contributed by atoms with Crippen LogP contribution in [-0.4, -0.2) is 43.7 Å². The molecule has 15 heavy (non-hydrogen) atoms. The van der Waals surface area contributed by atoms with E-state index >= 15 is 0 Å². The van der Waals surface area contributed by atoms with E-state index in [1.807, 2.05) is 33.0 Å². The highest BCUT2D eigenvalue weighted by molar-refractivity contribution is 5.87. The minimum absolute atomic E-state index is 0. The number of carbonyl (C=O) groups excluding carboxylic acids is 1. The highest BCUT2D eigenvalue weighted by Crippen LogP contribution is 1.94. The van der Waals surface area contributed by atoms with Crippen LogP contribution in [0.1, 0.15) is 20.3 Å². The van der Waals surface area contributed by atoms with Gasteiger partial charge in [0.15, 0.2) is 0 Å². The standard InChI is InChI=1S/C7H12O3.C3H9N.ClH/c1-3-4-10-7(9)6(2)5-8;1-4(2)3;/h5,8H,3-4H2,1-2H3;1-3H3;1H. The number of aliphatic hydroxyl groups excluding tert-OH is 1. The summed E-state index contributed by atoms with van der Waals surface area (Å²) in [6.07, 6.45) is 1.54. The Balaban J connectivity index is -0.000000249. The number of nitrogens with zero attached hydrogens (tertiary/aromatic N) is 1. The predicted molar refractivity (Wildman–Crippen MR) is 64.5 cm³/mol. The van der Waals surface area contributed by atoms with Crippen LogP contribution in [-0.2, 0) is 9.53 Å². The van der Waals surface area contributed by atoms with Crippen molar-refractivity contribution >= 4 is 18.4 Å². The fourth-order valence-corrected chi connectivity index (χ4v) is 0.361. The van der Waals surface area contributed by atoms with Crippen molar-refractivity contribution < 1.29 is 14.6 Å². The van der Waals surface area contributed by atoms with Crippen molar-refractivity contribution in [1.82, 2.24) is 4.90 Å². The second-order valence-electron chi connectivity index (χ2n) is 3.29. The first-order valence-electron chi connectivity index (χ1n) is 4.54. The Bertz CT molecular complexity index is 179. The molecule has 0 heterocycles. The van der Waals surface area contributed by atoms with Crippen molar-refractivity contribution in [2.24, 2.45) is 0 Å². The van der Waals surface area contributed by atoms with Gasteiger partial charge in [-0.1, -0.05) is 6.92 Å². The summed E-state index contributed by atoms with van der Waals surface area (Å²) in [4.78, 5) is 12.7. The number of hydrogen-bond acceptors (Lipinski definition) is 4. The van der Waals surface area contributed by atoms with Gasteiger partial charge in [-0.15, -0.1) is 12.4 Å². The van der Waals surface area contributed by atoms with Crippen LogP contribution in [0.4, 0.5) is 0 Å². The number of hydrogen-bond donors (Lipinski definition) is 1. The molecule has 0 bridgehead atoms. The molecule has 0 rings (SSSR count). The Kier molecular flexibility index (Phi) is 17.5. The van der Waals surface area contributed by atoms with Crippen molar-refractivity contribution in [1.29, 1.82) is 0 Å². The van der Waals surface area contributed by atoms with Gasteiger partial charge in [0.1, 0.15) is 0 Å². The van der Waals surface area contributed by atoms with Crippen LogP contribution in [0.2, 0.25) is 0 Å². The summed E-state index contributed by atoms with van der Waals surface area (Å²) in [7, 11) is 6.00. The summed E-state index contributed by atoms with van der Waals surface area (Å²) >= 11 is 0. The SMILES string of the molecule is CCCOC(=O)C(C)=CO.CN(C)C.Cl. The van der Waals surface area contributed by atoms with Gasteiger partial charge < -0.3 is 14.7 Å². The van der Waals surface area contributed by atoms with Crippen molar-refractivity contribution in [3.63, 3.8) is 0 Å². The minimum atomic E-state index is -0.454. The maximum atomic E-state index is 10.7. The summed E-state index contributed by atoms with van der Waals surface area (Å²) in [6.45, 7) is 3.81. The number of halogens is 1. The van der Waals surface area contributed by atoms with Gasteiger partial charge in [-0.05, 0) is 34.5 Å². The summed E-state index contributed by atoms with van der Waals surface area (Å²) < 4.78 is 4.68. The van der Waals surface area contributed by atoms with E-state index in [2.05, 4.69) is 4.74 Å². The minimum Gasteiger partial charge on any atom is -0.515 e. The largest absolute Gasteiger partial charge is 0.515 e. The van der Waals surface area contributed by atoms with E-state index in [9.17, 15) is 4.79 Å². The monoisotopic (exact) mass is 239 g/mol. The molecule has 1 N–H and O–H groups in total. The lowest BCUT2D eigenvalue weighted by Crippen LogP contribution is -2.06. The molecular weight excluding hydrogens is 218 g/mol. The lowest BCUT2D eigenvalue weighted by molar-refractivity contribution is -0.139. The first-order valence-corrected chi connectivity index (χ1v) is 4.54. The molecule has 0 saturated carbocycles. The van der Waals surface area contributed by atoms with Crippen LogP contribution in [0.15, 0.2) is 11.8 Å². The smallest absolute Gasteiger partial charge is 0.336 e. The molecule has 0 amide bonds. The first kappa shape index (κ1) is 19.8. The average Bonchev–Trinajstić information content (AvgIpc) is 2.11. The van der Waals surface area contributed by atoms with Gasteiger partial charge >= 0.3 is 5.97 Å². The van der Waals surface area contributed by atoms with Crippen molar-refractivity contribution in [2.45, 2.75) is 20.3 Å².